The molecule has 0 saturated carbocycles. The van der Waals surface area contributed by atoms with Gasteiger partial charge in [-0.1, -0.05) is 13.8 Å². The highest BCUT2D eigenvalue weighted by atomic mass is 32.2. The molecule has 0 spiro atoms. The molecule has 0 fully saturated rings. The summed E-state index contributed by atoms with van der Waals surface area (Å²) in [6.07, 6.45) is 0.551. The molecule has 0 bridgehead atoms. The number of hydrogen-bond donors (Lipinski definition) is 3. The van der Waals surface area contributed by atoms with Gasteiger partial charge in [0.05, 0.1) is 0 Å². The van der Waals surface area contributed by atoms with Gasteiger partial charge in [-0.2, -0.15) is 11.8 Å². The van der Waals surface area contributed by atoms with Crippen molar-refractivity contribution in [3.8, 4) is 0 Å². The van der Waals surface area contributed by atoms with Gasteiger partial charge in [0, 0.05) is 25.3 Å². The van der Waals surface area contributed by atoms with Crippen LogP contribution in [0, 0.1) is 5.92 Å². The molecule has 0 radical (unpaired) electrons. The summed E-state index contributed by atoms with van der Waals surface area (Å²) >= 11 is 1.82. The predicted octanol–water partition coefficient (Wildman–Crippen LogP) is 1.54. The molecule has 17 heavy (non-hydrogen) atoms. The Labute approximate surface area is 107 Å². The normalized spacial score (nSPS) is 10.3. The molecule has 2 amide bonds. The van der Waals surface area contributed by atoms with Crippen molar-refractivity contribution in [2.24, 2.45) is 5.92 Å². The SMILES string of the molecule is CC(C)CSCCNC(=O)NCCCC(=O)O. The third-order valence-corrected chi connectivity index (χ3v) is 3.23. The quantitative estimate of drug-likeness (QED) is 0.551. The Morgan fingerprint density at radius 2 is 1.88 bits per heavy atom. The zero-order chi connectivity index (χ0) is 13.1. The highest BCUT2D eigenvalue weighted by molar-refractivity contribution is 7.99. The van der Waals surface area contributed by atoms with Gasteiger partial charge >= 0.3 is 12.0 Å². The van der Waals surface area contributed by atoms with E-state index in [-0.39, 0.29) is 12.5 Å². The molecule has 0 rings (SSSR count). The molecule has 0 aromatic carbocycles. The Bertz CT molecular complexity index is 235. The molecule has 0 aliphatic heterocycles. The zero-order valence-electron chi connectivity index (χ0n) is 10.5. The lowest BCUT2D eigenvalue weighted by Crippen LogP contribution is -2.37. The highest BCUT2D eigenvalue weighted by Crippen LogP contribution is 2.05. The summed E-state index contributed by atoms with van der Waals surface area (Å²) in [6.45, 7) is 5.37. The van der Waals surface area contributed by atoms with E-state index in [1.807, 2.05) is 11.8 Å². The van der Waals surface area contributed by atoms with Gasteiger partial charge in [0.25, 0.3) is 0 Å². The maximum Gasteiger partial charge on any atom is 0.314 e. The lowest BCUT2D eigenvalue weighted by atomic mass is 10.3. The van der Waals surface area contributed by atoms with Crippen LogP contribution in [-0.4, -0.2) is 41.7 Å². The molecule has 100 valence electrons. The third-order valence-electron chi connectivity index (χ3n) is 1.84. The van der Waals surface area contributed by atoms with Crippen LogP contribution in [0.3, 0.4) is 0 Å². The van der Waals surface area contributed by atoms with Crippen molar-refractivity contribution in [3.05, 3.63) is 0 Å². The fraction of sp³-hybridized carbons (Fsp3) is 0.818. The lowest BCUT2D eigenvalue weighted by Gasteiger charge is -2.07. The summed E-state index contributed by atoms with van der Waals surface area (Å²) in [6, 6.07) is -0.222. The topological polar surface area (TPSA) is 78.4 Å². The van der Waals surface area contributed by atoms with Crippen LogP contribution in [-0.2, 0) is 4.79 Å². The fourth-order valence-corrected chi connectivity index (χ4v) is 1.94. The number of carboxylic acids is 1. The molecule has 0 aromatic heterocycles. The van der Waals surface area contributed by atoms with Crippen LogP contribution in [0.15, 0.2) is 0 Å². The van der Waals surface area contributed by atoms with Crippen LogP contribution in [0.1, 0.15) is 26.7 Å². The largest absolute Gasteiger partial charge is 0.481 e. The second-order valence-electron chi connectivity index (χ2n) is 4.15. The van der Waals surface area contributed by atoms with Gasteiger partial charge in [0.2, 0.25) is 0 Å². The van der Waals surface area contributed by atoms with Crippen LogP contribution in [0.2, 0.25) is 0 Å². The van der Waals surface area contributed by atoms with Gasteiger partial charge in [0.15, 0.2) is 0 Å². The van der Waals surface area contributed by atoms with Gasteiger partial charge in [-0.3, -0.25) is 4.79 Å². The first kappa shape index (κ1) is 16.1. The first-order chi connectivity index (χ1) is 8.02. The number of carbonyl (C=O) groups excluding carboxylic acids is 1. The van der Waals surface area contributed by atoms with E-state index in [0.717, 1.165) is 11.5 Å². The van der Waals surface area contributed by atoms with E-state index in [1.54, 1.807) is 0 Å². The van der Waals surface area contributed by atoms with Gasteiger partial charge < -0.3 is 15.7 Å². The number of aliphatic carboxylic acids is 1. The predicted molar refractivity (Wildman–Crippen MR) is 70.4 cm³/mol. The molecular formula is C11H22N2O3S. The summed E-state index contributed by atoms with van der Waals surface area (Å²) in [7, 11) is 0. The second kappa shape index (κ2) is 10.3. The maximum atomic E-state index is 11.2. The summed E-state index contributed by atoms with van der Waals surface area (Å²) in [5.74, 6) is 1.84. The Kier molecular flexibility index (Phi) is 9.71. The monoisotopic (exact) mass is 262 g/mol. The minimum absolute atomic E-state index is 0.0878. The van der Waals surface area contributed by atoms with E-state index in [0.29, 0.717) is 25.4 Å². The maximum absolute atomic E-state index is 11.2. The summed E-state index contributed by atoms with van der Waals surface area (Å²) in [4.78, 5) is 21.4. The molecule has 0 saturated heterocycles. The van der Waals surface area contributed by atoms with Gasteiger partial charge in [-0.15, -0.1) is 0 Å². The second-order valence-corrected chi connectivity index (χ2v) is 5.30. The average molecular weight is 262 g/mol. The Morgan fingerprint density at radius 1 is 1.24 bits per heavy atom. The minimum atomic E-state index is -0.836. The van der Waals surface area contributed by atoms with Crippen molar-refractivity contribution in [2.75, 3.05) is 24.6 Å². The third kappa shape index (κ3) is 13.0. The molecule has 0 aromatic rings. The van der Waals surface area contributed by atoms with Crippen molar-refractivity contribution in [1.29, 1.82) is 0 Å². The first-order valence-electron chi connectivity index (χ1n) is 5.83. The Hall–Kier alpha value is -0.910. The van der Waals surface area contributed by atoms with Crippen LogP contribution < -0.4 is 10.6 Å². The molecule has 0 heterocycles. The van der Waals surface area contributed by atoms with Crippen molar-refractivity contribution >= 4 is 23.8 Å². The lowest BCUT2D eigenvalue weighted by molar-refractivity contribution is -0.137. The van der Waals surface area contributed by atoms with Gasteiger partial charge in [-0.05, 0) is 18.1 Å². The molecular weight excluding hydrogens is 240 g/mol. The van der Waals surface area contributed by atoms with Crippen LogP contribution in [0.4, 0.5) is 4.79 Å². The number of carboxylic acid groups (broad SMARTS) is 1. The van der Waals surface area contributed by atoms with Crippen LogP contribution >= 0.6 is 11.8 Å². The van der Waals surface area contributed by atoms with Crippen LogP contribution in [0.25, 0.3) is 0 Å². The fourth-order valence-electron chi connectivity index (χ4n) is 1.06. The average Bonchev–Trinajstić information content (AvgIpc) is 2.23. The molecule has 0 aliphatic rings. The molecule has 6 heteroatoms. The van der Waals surface area contributed by atoms with Crippen molar-refractivity contribution < 1.29 is 14.7 Å². The van der Waals surface area contributed by atoms with E-state index in [1.165, 1.54) is 0 Å². The van der Waals surface area contributed by atoms with Gasteiger partial charge in [0.1, 0.15) is 0 Å². The minimum Gasteiger partial charge on any atom is -0.481 e. The molecule has 5 nitrogen and oxygen atoms in total. The molecule has 0 unspecified atom stereocenters. The van der Waals surface area contributed by atoms with Crippen molar-refractivity contribution in [2.45, 2.75) is 26.7 Å². The standard InChI is InChI=1S/C11H22N2O3S/c1-9(2)8-17-7-6-13-11(16)12-5-3-4-10(14)15/h9H,3-8H2,1-2H3,(H,14,15)(H2,12,13,16). The molecule has 0 atom stereocenters. The number of thioether (sulfide) groups is 1. The summed E-state index contributed by atoms with van der Waals surface area (Å²) < 4.78 is 0. The van der Waals surface area contributed by atoms with Crippen molar-refractivity contribution in [1.82, 2.24) is 10.6 Å². The first-order valence-corrected chi connectivity index (χ1v) is 6.99. The van der Waals surface area contributed by atoms with Crippen LogP contribution in [0.5, 0.6) is 0 Å². The highest BCUT2D eigenvalue weighted by Gasteiger charge is 2.00. The number of rotatable bonds is 9. The Morgan fingerprint density at radius 3 is 2.47 bits per heavy atom. The number of carbonyl (C=O) groups is 2. The van der Waals surface area contributed by atoms with Gasteiger partial charge in [-0.25, -0.2) is 4.79 Å². The van der Waals surface area contributed by atoms with E-state index in [2.05, 4.69) is 24.5 Å². The molecule has 3 N–H and O–H groups in total. The Balaban J connectivity index is 3.26. The smallest absolute Gasteiger partial charge is 0.314 e. The number of amides is 2. The van der Waals surface area contributed by atoms with Crippen molar-refractivity contribution in [3.63, 3.8) is 0 Å². The summed E-state index contributed by atoms with van der Waals surface area (Å²) in [5, 5.41) is 13.7. The van der Waals surface area contributed by atoms with E-state index in [4.69, 9.17) is 5.11 Å². The number of nitrogens with one attached hydrogen (secondary N) is 2. The molecule has 0 aliphatic carbocycles. The zero-order valence-corrected chi connectivity index (χ0v) is 11.3. The summed E-state index contributed by atoms with van der Waals surface area (Å²) in [5.41, 5.74) is 0. The van der Waals surface area contributed by atoms with E-state index >= 15 is 0 Å². The van der Waals surface area contributed by atoms with E-state index in [9.17, 15) is 9.59 Å². The van der Waals surface area contributed by atoms with E-state index < -0.39 is 5.97 Å². The number of hydrogen-bond acceptors (Lipinski definition) is 3. The number of urea groups is 1.